The number of carbonyl (C=O) groups is 1. The highest BCUT2D eigenvalue weighted by Gasteiger charge is 2.46. The van der Waals surface area contributed by atoms with E-state index >= 15 is 0 Å². The maximum atomic E-state index is 13.2. The number of para-hydroxylation sites is 2. The van der Waals surface area contributed by atoms with E-state index in [4.69, 9.17) is 0 Å². The monoisotopic (exact) mass is 439 g/mol. The number of hydrogen-bond acceptors (Lipinski definition) is 3. The number of carbonyl (C=O) groups excluding carboxylic acids is 1. The summed E-state index contributed by atoms with van der Waals surface area (Å²) < 4.78 is 2.12. The third-order valence-electron chi connectivity index (χ3n) is 7.62. The Balaban J connectivity index is 1.56. The van der Waals surface area contributed by atoms with Crippen LogP contribution in [0.3, 0.4) is 0 Å². The van der Waals surface area contributed by atoms with Gasteiger partial charge in [0, 0.05) is 41.1 Å². The van der Waals surface area contributed by atoms with Gasteiger partial charge < -0.3 is 10.0 Å². The number of hydrogen-bond donors (Lipinski definition) is 1. The van der Waals surface area contributed by atoms with Crippen LogP contribution in [0.25, 0.3) is 0 Å². The molecular formula is C29H31N2O2+. The Hall–Kier alpha value is -3.40. The average Bonchev–Trinajstić information content (AvgIpc) is 3.14. The number of fused-ring (bicyclic) bond motifs is 2. The Kier molecular flexibility index (Phi) is 4.58. The maximum Gasteiger partial charge on any atom is 0.209 e. The third kappa shape index (κ3) is 2.83. The Morgan fingerprint density at radius 1 is 0.939 bits per heavy atom. The molecule has 0 saturated heterocycles. The zero-order valence-corrected chi connectivity index (χ0v) is 20.2. The van der Waals surface area contributed by atoms with Crippen molar-refractivity contribution in [2.45, 2.75) is 45.4 Å². The summed E-state index contributed by atoms with van der Waals surface area (Å²) in [6, 6.07) is 16.7. The number of aliphatic hydroxyl groups excluding tert-OH is 1. The van der Waals surface area contributed by atoms with Crippen LogP contribution in [0.2, 0.25) is 0 Å². The van der Waals surface area contributed by atoms with Crippen molar-refractivity contribution in [2.75, 3.05) is 18.5 Å². The molecule has 2 aromatic rings. The summed E-state index contributed by atoms with van der Waals surface area (Å²) in [5, 5.41) is 11.0. The highest BCUT2D eigenvalue weighted by molar-refractivity contribution is 6.24. The Labute approximate surface area is 195 Å². The van der Waals surface area contributed by atoms with Crippen molar-refractivity contribution < 1.29 is 14.5 Å². The van der Waals surface area contributed by atoms with Crippen LogP contribution < -0.4 is 4.90 Å². The normalized spacial score (nSPS) is 22.8. The first kappa shape index (κ1) is 21.4. The summed E-state index contributed by atoms with van der Waals surface area (Å²) in [6.45, 7) is 11.6. The summed E-state index contributed by atoms with van der Waals surface area (Å²) in [5.41, 5.74) is 7.10. The molecule has 0 saturated carbocycles. The number of aliphatic hydroxyl groups is 1. The fourth-order valence-electron chi connectivity index (χ4n) is 5.68. The molecule has 0 aromatic heterocycles. The lowest BCUT2D eigenvalue weighted by molar-refractivity contribution is -0.401. The van der Waals surface area contributed by atoms with Crippen LogP contribution in [-0.4, -0.2) is 34.8 Å². The molecule has 0 bridgehead atoms. The number of anilines is 1. The van der Waals surface area contributed by atoms with E-state index in [0.29, 0.717) is 11.1 Å². The summed E-state index contributed by atoms with van der Waals surface area (Å²) in [6.07, 6.45) is 3.76. The Bertz CT molecular complexity index is 1330. The largest absolute Gasteiger partial charge is 0.506 e. The molecule has 0 amide bonds. The van der Waals surface area contributed by atoms with Gasteiger partial charge in [0.2, 0.25) is 11.5 Å². The first-order valence-electron chi connectivity index (χ1n) is 11.6. The molecule has 2 heterocycles. The van der Waals surface area contributed by atoms with E-state index in [0.717, 1.165) is 23.6 Å². The smallest absolute Gasteiger partial charge is 0.209 e. The van der Waals surface area contributed by atoms with Crippen molar-refractivity contribution in [2.24, 2.45) is 0 Å². The molecule has 3 aliphatic rings. The van der Waals surface area contributed by atoms with Crippen LogP contribution in [0.15, 0.2) is 83.3 Å². The lowest BCUT2D eigenvalue weighted by Gasteiger charge is -2.28. The minimum absolute atomic E-state index is 0.0861. The van der Waals surface area contributed by atoms with Crippen molar-refractivity contribution in [1.29, 1.82) is 0 Å². The van der Waals surface area contributed by atoms with Gasteiger partial charge in [-0.25, -0.2) is 0 Å². The predicted octanol–water partition coefficient (Wildman–Crippen LogP) is 5.72. The standard InChI is InChI=1S/C29H30N2O2/c1-7-31-23-15-11-9-13-21(23)29(4,5)25(31)17-19-26(32)18(27(19)33)16-24-28(2,3)20-12-8-10-14-22(20)30(24)6/h8-17H,7H2,1-6H3/p+1. The van der Waals surface area contributed by atoms with Gasteiger partial charge in [0.05, 0.1) is 16.6 Å². The molecule has 0 atom stereocenters. The number of Topliss-reactive ketones (excluding diaryl/α,β-unsaturated/α-hetero) is 1. The van der Waals surface area contributed by atoms with Gasteiger partial charge in [-0.15, -0.1) is 0 Å². The van der Waals surface area contributed by atoms with Gasteiger partial charge >= 0.3 is 0 Å². The topological polar surface area (TPSA) is 43.5 Å². The van der Waals surface area contributed by atoms with Crippen LogP contribution in [0.5, 0.6) is 0 Å². The van der Waals surface area contributed by atoms with E-state index in [-0.39, 0.29) is 22.4 Å². The second-order valence-electron chi connectivity index (χ2n) is 10.2. The lowest BCUT2D eigenvalue weighted by atomic mass is 9.77. The molecule has 1 N–H and O–H groups in total. The van der Waals surface area contributed by atoms with Gasteiger partial charge in [0.15, 0.2) is 5.71 Å². The van der Waals surface area contributed by atoms with Crippen molar-refractivity contribution in [3.63, 3.8) is 0 Å². The van der Waals surface area contributed by atoms with Crippen molar-refractivity contribution in [1.82, 2.24) is 0 Å². The maximum absolute atomic E-state index is 13.2. The molecular weight excluding hydrogens is 408 g/mol. The quantitative estimate of drug-likeness (QED) is 0.492. The molecule has 0 spiro atoms. The minimum Gasteiger partial charge on any atom is -0.506 e. The molecule has 33 heavy (non-hydrogen) atoms. The van der Waals surface area contributed by atoms with Crippen molar-refractivity contribution in [3.8, 4) is 0 Å². The number of allylic oxidation sites excluding steroid dienone is 5. The third-order valence-corrected chi connectivity index (χ3v) is 7.62. The molecule has 5 rings (SSSR count). The van der Waals surface area contributed by atoms with Gasteiger partial charge in [0.25, 0.3) is 0 Å². The average molecular weight is 440 g/mol. The fraction of sp³-hybridized carbons (Fsp3) is 0.310. The van der Waals surface area contributed by atoms with Gasteiger partial charge in [-0.1, -0.05) is 50.2 Å². The van der Waals surface area contributed by atoms with Gasteiger partial charge in [-0.05, 0) is 38.5 Å². The zero-order valence-electron chi connectivity index (χ0n) is 20.2. The van der Waals surface area contributed by atoms with Crippen molar-refractivity contribution >= 4 is 22.9 Å². The Morgan fingerprint density at radius 2 is 1.58 bits per heavy atom. The molecule has 0 radical (unpaired) electrons. The first-order chi connectivity index (χ1) is 15.6. The van der Waals surface area contributed by atoms with Crippen molar-refractivity contribution in [3.05, 3.63) is 94.4 Å². The fourth-order valence-corrected chi connectivity index (χ4v) is 5.68. The van der Waals surface area contributed by atoms with Gasteiger partial charge in [-0.3, -0.25) is 4.79 Å². The van der Waals surface area contributed by atoms with Crippen LogP contribution in [0.4, 0.5) is 11.4 Å². The molecule has 2 aromatic carbocycles. The number of rotatable bonds is 3. The predicted molar refractivity (Wildman–Crippen MR) is 134 cm³/mol. The van der Waals surface area contributed by atoms with Gasteiger partial charge in [0.1, 0.15) is 12.8 Å². The van der Waals surface area contributed by atoms with E-state index in [1.807, 2.05) is 37.4 Å². The van der Waals surface area contributed by atoms with Crippen LogP contribution in [-0.2, 0) is 15.6 Å². The van der Waals surface area contributed by atoms with Gasteiger partial charge in [-0.2, -0.15) is 4.58 Å². The second kappa shape index (κ2) is 7.05. The van der Waals surface area contributed by atoms with Crippen LogP contribution >= 0.6 is 0 Å². The lowest BCUT2D eigenvalue weighted by Crippen LogP contribution is -2.31. The molecule has 0 unspecified atom stereocenters. The highest BCUT2D eigenvalue weighted by atomic mass is 16.3. The summed E-state index contributed by atoms with van der Waals surface area (Å²) in [7, 11) is 2.02. The SMILES string of the molecule is CCN1/C(=C/C2=C(O)C(=CC3=[N+](C)c4ccccc4C3(C)C)C2=O)C(C)(C)c2ccccc21. The van der Waals surface area contributed by atoms with E-state index < -0.39 is 0 Å². The van der Waals surface area contributed by atoms with E-state index in [2.05, 4.69) is 74.4 Å². The molecule has 168 valence electrons. The number of ketones is 1. The minimum atomic E-state index is -0.249. The summed E-state index contributed by atoms with van der Waals surface area (Å²) >= 11 is 0. The summed E-state index contributed by atoms with van der Waals surface area (Å²) in [5.74, 6) is -0.0153. The molecule has 1 aliphatic carbocycles. The second-order valence-corrected chi connectivity index (χ2v) is 10.2. The first-order valence-corrected chi connectivity index (χ1v) is 11.6. The molecule has 4 nitrogen and oxygen atoms in total. The van der Waals surface area contributed by atoms with E-state index in [1.54, 1.807) is 0 Å². The van der Waals surface area contributed by atoms with E-state index in [1.165, 1.54) is 16.8 Å². The van der Waals surface area contributed by atoms with E-state index in [9.17, 15) is 9.90 Å². The number of benzene rings is 2. The molecule has 2 aliphatic heterocycles. The highest BCUT2D eigenvalue weighted by Crippen LogP contribution is 2.49. The number of likely N-dealkylation sites (N-methyl/N-ethyl adjacent to an activating group) is 1. The Morgan fingerprint density at radius 3 is 2.21 bits per heavy atom. The summed E-state index contributed by atoms with van der Waals surface area (Å²) in [4.78, 5) is 15.5. The molecule has 4 heteroatoms. The van der Waals surface area contributed by atoms with Crippen LogP contribution in [0.1, 0.15) is 45.7 Å². The van der Waals surface area contributed by atoms with Crippen LogP contribution in [0, 0.1) is 0 Å². The molecule has 0 fully saturated rings. The number of nitrogens with zero attached hydrogens (tertiary/aromatic N) is 2. The zero-order chi connectivity index (χ0) is 23.7.